The van der Waals surface area contributed by atoms with Gasteiger partial charge in [-0.05, 0) is 31.9 Å². The molecular formula is C12H18N4O3S. The quantitative estimate of drug-likeness (QED) is 0.714. The minimum atomic E-state index is -3.78. The number of piperidine rings is 1. The number of pyridine rings is 1. The normalized spacial score (nSPS) is 19.4. The summed E-state index contributed by atoms with van der Waals surface area (Å²) in [6, 6.07) is 2.30. The van der Waals surface area contributed by atoms with E-state index in [4.69, 9.17) is 0 Å². The van der Waals surface area contributed by atoms with Crippen LogP contribution in [0.15, 0.2) is 23.2 Å². The van der Waals surface area contributed by atoms with E-state index in [1.54, 1.807) is 6.07 Å². The predicted octanol–water partition coefficient (Wildman–Crippen LogP) is 0.0703. The van der Waals surface area contributed by atoms with Gasteiger partial charge in [0.15, 0.2) is 0 Å². The second-order valence-electron chi connectivity index (χ2n) is 4.49. The zero-order valence-corrected chi connectivity index (χ0v) is 12.0. The SMILES string of the molecule is CCNc1ncccc1S(=O)(=O)NC1CCCNC1=O. The molecule has 1 fully saturated rings. The third-order valence-electron chi connectivity index (χ3n) is 2.99. The molecule has 7 nitrogen and oxygen atoms in total. The molecule has 1 aliphatic rings. The summed E-state index contributed by atoms with van der Waals surface area (Å²) in [5, 5.41) is 5.55. The Kier molecular flexibility index (Phi) is 4.56. The Hall–Kier alpha value is -1.67. The van der Waals surface area contributed by atoms with Crippen LogP contribution in [0, 0.1) is 0 Å². The lowest BCUT2D eigenvalue weighted by Crippen LogP contribution is -2.50. The zero-order valence-electron chi connectivity index (χ0n) is 11.2. The molecular weight excluding hydrogens is 280 g/mol. The van der Waals surface area contributed by atoms with Gasteiger partial charge in [0.2, 0.25) is 15.9 Å². The number of hydrogen-bond donors (Lipinski definition) is 3. The van der Waals surface area contributed by atoms with E-state index in [0.29, 0.717) is 25.3 Å². The van der Waals surface area contributed by atoms with Gasteiger partial charge in [-0.3, -0.25) is 4.79 Å². The highest BCUT2D eigenvalue weighted by molar-refractivity contribution is 7.89. The Balaban J connectivity index is 2.24. The van der Waals surface area contributed by atoms with Crippen molar-refractivity contribution in [3.63, 3.8) is 0 Å². The van der Waals surface area contributed by atoms with E-state index in [1.807, 2.05) is 6.92 Å². The summed E-state index contributed by atoms with van der Waals surface area (Å²) in [6.45, 7) is 3.00. The standard InChI is InChI=1S/C12H18N4O3S/c1-2-13-11-10(6-4-7-14-11)20(18,19)16-9-5-3-8-15-12(9)17/h4,6-7,9,16H,2-3,5,8H2,1H3,(H,13,14)(H,15,17). The molecule has 0 radical (unpaired) electrons. The van der Waals surface area contributed by atoms with Crippen molar-refractivity contribution in [2.75, 3.05) is 18.4 Å². The Morgan fingerprint density at radius 1 is 1.50 bits per heavy atom. The van der Waals surface area contributed by atoms with Gasteiger partial charge in [0, 0.05) is 19.3 Å². The molecule has 2 rings (SSSR count). The van der Waals surface area contributed by atoms with E-state index in [0.717, 1.165) is 6.42 Å². The lowest BCUT2D eigenvalue weighted by atomic mass is 10.1. The molecule has 0 bridgehead atoms. The molecule has 3 N–H and O–H groups in total. The molecule has 1 aliphatic heterocycles. The fourth-order valence-electron chi connectivity index (χ4n) is 2.04. The van der Waals surface area contributed by atoms with Crippen molar-refractivity contribution in [1.82, 2.24) is 15.0 Å². The molecule has 2 heterocycles. The lowest BCUT2D eigenvalue weighted by Gasteiger charge is -2.23. The van der Waals surface area contributed by atoms with Crippen molar-refractivity contribution in [1.29, 1.82) is 0 Å². The first-order chi connectivity index (χ1) is 9.54. The summed E-state index contributed by atoms with van der Waals surface area (Å²) in [6.07, 6.45) is 2.78. The number of nitrogens with one attached hydrogen (secondary N) is 3. The number of carbonyl (C=O) groups is 1. The Morgan fingerprint density at radius 3 is 3.00 bits per heavy atom. The molecule has 0 saturated carbocycles. The maximum absolute atomic E-state index is 12.4. The second-order valence-corrected chi connectivity index (χ2v) is 6.17. The van der Waals surface area contributed by atoms with E-state index in [9.17, 15) is 13.2 Å². The second kappa shape index (κ2) is 6.19. The minimum absolute atomic E-state index is 0.0558. The third kappa shape index (κ3) is 3.26. The van der Waals surface area contributed by atoms with Crippen LogP contribution in [0.4, 0.5) is 5.82 Å². The molecule has 20 heavy (non-hydrogen) atoms. The fourth-order valence-corrected chi connectivity index (χ4v) is 3.41. The van der Waals surface area contributed by atoms with E-state index >= 15 is 0 Å². The van der Waals surface area contributed by atoms with E-state index < -0.39 is 16.1 Å². The van der Waals surface area contributed by atoms with Gasteiger partial charge in [-0.15, -0.1) is 0 Å². The smallest absolute Gasteiger partial charge is 0.244 e. The highest BCUT2D eigenvalue weighted by atomic mass is 32.2. The van der Waals surface area contributed by atoms with Crippen LogP contribution in [-0.2, 0) is 14.8 Å². The summed E-state index contributed by atoms with van der Waals surface area (Å²) in [5.41, 5.74) is 0. The third-order valence-corrected chi connectivity index (χ3v) is 4.49. The van der Waals surface area contributed by atoms with E-state index in [-0.39, 0.29) is 10.8 Å². The monoisotopic (exact) mass is 298 g/mol. The van der Waals surface area contributed by atoms with Crippen LogP contribution in [0.2, 0.25) is 0 Å². The summed E-state index contributed by atoms with van der Waals surface area (Å²) in [5.74, 6) is 0.00688. The van der Waals surface area contributed by atoms with Crippen LogP contribution >= 0.6 is 0 Å². The molecule has 1 unspecified atom stereocenters. The zero-order chi connectivity index (χ0) is 14.6. The average Bonchev–Trinajstić information content (AvgIpc) is 2.42. The molecule has 8 heteroatoms. The predicted molar refractivity (Wildman–Crippen MR) is 74.8 cm³/mol. The van der Waals surface area contributed by atoms with Gasteiger partial charge in [-0.25, -0.2) is 13.4 Å². The van der Waals surface area contributed by atoms with Crippen LogP contribution in [0.5, 0.6) is 0 Å². The number of nitrogens with zero attached hydrogens (tertiary/aromatic N) is 1. The first kappa shape index (κ1) is 14.7. The Labute approximate surface area is 118 Å². The molecule has 1 saturated heterocycles. The molecule has 1 aromatic heterocycles. The van der Waals surface area contributed by atoms with Gasteiger partial charge in [0.1, 0.15) is 16.8 Å². The van der Waals surface area contributed by atoms with Gasteiger partial charge >= 0.3 is 0 Å². The number of sulfonamides is 1. The number of carbonyl (C=O) groups excluding carboxylic acids is 1. The highest BCUT2D eigenvalue weighted by Gasteiger charge is 2.29. The van der Waals surface area contributed by atoms with Crippen molar-refractivity contribution >= 4 is 21.7 Å². The van der Waals surface area contributed by atoms with Gasteiger partial charge < -0.3 is 10.6 Å². The minimum Gasteiger partial charge on any atom is -0.369 e. The fraction of sp³-hybridized carbons (Fsp3) is 0.500. The number of amides is 1. The summed E-state index contributed by atoms with van der Waals surface area (Å²) < 4.78 is 27.2. The van der Waals surface area contributed by atoms with E-state index in [2.05, 4.69) is 20.3 Å². The number of anilines is 1. The van der Waals surface area contributed by atoms with Crippen molar-refractivity contribution in [2.24, 2.45) is 0 Å². The molecule has 1 aromatic rings. The van der Waals surface area contributed by atoms with Gasteiger partial charge in [0.25, 0.3) is 0 Å². The first-order valence-electron chi connectivity index (χ1n) is 6.53. The molecule has 1 amide bonds. The van der Waals surface area contributed by atoms with Crippen molar-refractivity contribution in [3.05, 3.63) is 18.3 Å². The van der Waals surface area contributed by atoms with Crippen LogP contribution in [0.1, 0.15) is 19.8 Å². The van der Waals surface area contributed by atoms with Gasteiger partial charge in [-0.2, -0.15) is 4.72 Å². The first-order valence-corrected chi connectivity index (χ1v) is 8.02. The molecule has 110 valence electrons. The van der Waals surface area contributed by atoms with Crippen LogP contribution in [0.25, 0.3) is 0 Å². The van der Waals surface area contributed by atoms with Crippen molar-refractivity contribution in [3.8, 4) is 0 Å². The van der Waals surface area contributed by atoms with Crippen molar-refractivity contribution < 1.29 is 13.2 Å². The topological polar surface area (TPSA) is 100 Å². The molecule has 1 atom stereocenters. The Bertz CT molecular complexity index is 588. The maximum Gasteiger partial charge on any atom is 0.244 e. The van der Waals surface area contributed by atoms with Gasteiger partial charge in [-0.1, -0.05) is 0 Å². The number of aromatic nitrogens is 1. The summed E-state index contributed by atoms with van der Waals surface area (Å²) in [4.78, 5) is 15.7. The highest BCUT2D eigenvalue weighted by Crippen LogP contribution is 2.19. The van der Waals surface area contributed by atoms with Crippen molar-refractivity contribution in [2.45, 2.75) is 30.7 Å². The van der Waals surface area contributed by atoms with E-state index in [1.165, 1.54) is 12.3 Å². The van der Waals surface area contributed by atoms with Crippen LogP contribution < -0.4 is 15.4 Å². The van der Waals surface area contributed by atoms with Gasteiger partial charge in [0.05, 0.1) is 0 Å². The van der Waals surface area contributed by atoms with Crippen LogP contribution in [0.3, 0.4) is 0 Å². The average molecular weight is 298 g/mol. The lowest BCUT2D eigenvalue weighted by molar-refractivity contribution is -0.124. The molecule has 0 spiro atoms. The van der Waals surface area contributed by atoms with Crippen LogP contribution in [-0.4, -0.2) is 38.4 Å². The summed E-state index contributed by atoms with van der Waals surface area (Å²) in [7, 11) is -3.78. The number of rotatable bonds is 5. The maximum atomic E-state index is 12.4. The summed E-state index contributed by atoms with van der Waals surface area (Å²) >= 11 is 0. The molecule has 0 aliphatic carbocycles. The Morgan fingerprint density at radius 2 is 2.30 bits per heavy atom. The largest absolute Gasteiger partial charge is 0.369 e. The number of hydrogen-bond acceptors (Lipinski definition) is 5. The molecule has 0 aromatic carbocycles.